The van der Waals surface area contributed by atoms with Gasteiger partial charge in [0.25, 0.3) is 0 Å². The Hall–Kier alpha value is 0.114. The van der Waals surface area contributed by atoms with E-state index in [2.05, 4.69) is 0 Å². The van der Waals surface area contributed by atoms with Crippen LogP contribution in [-0.4, -0.2) is 86.7 Å². The molecule has 0 N–H and O–H groups in total. The van der Waals surface area contributed by atoms with Crippen molar-refractivity contribution < 1.29 is 36.0 Å². The molecule has 0 spiro atoms. The Labute approximate surface area is 154 Å². The molecule has 0 fully saturated rings. The van der Waals surface area contributed by atoms with Gasteiger partial charge in [0.15, 0.2) is 0 Å². The normalized spacial score (nSPS) is 12.7. The zero-order valence-electron chi connectivity index (χ0n) is 16.6. The molecule has 152 valence electrons. The van der Waals surface area contributed by atoms with Crippen LogP contribution in [0.2, 0.25) is 12.1 Å². The lowest BCUT2D eigenvalue weighted by Crippen LogP contribution is -2.42. The monoisotopic (exact) mass is 400 g/mol. The Morgan fingerprint density at radius 3 is 1.00 bits per heavy atom. The fraction of sp³-hybridized carbons (Fsp3) is 1.00. The van der Waals surface area contributed by atoms with Crippen LogP contribution >= 0.6 is 0 Å². The van der Waals surface area contributed by atoms with Gasteiger partial charge in [-0.1, -0.05) is 0 Å². The summed E-state index contributed by atoms with van der Waals surface area (Å²) in [5, 5.41) is 0. The van der Waals surface area contributed by atoms with Gasteiger partial charge in [0.05, 0.1) is 0 Å². The van der Waals surface area contributed by atoms with Crippen LogP contribution in [0.15, 0.2) is 0 Å². The maximum Gasteiger partial charge on any atom is 0.500 e. The predicted molar refractivity (Wildman–Crippen MR) is 98.7 cm³/mol. The molecule has 0 bridgehead atoms. The summed E-state index contributed by atoms with van der Waals surface area (Å²) in [5.74, 6) is 0. The van der Waals surface area contributed by atoms with Crippen molar-refractivity contribution >= 4 is 17.6 Å². The van der Waals surface area contributed by atoms with E-state index >= 15 is 0 Å². The molecule has 0 aliphatic carbocycles. The first-order chi connectivity index (χ1) is 12.1. The number of ether oxygens (including phenoxy) is 2. The molecule has 0 aliphatic rings. The van der Waals surface area contributed by atoms with Crippen LogP contribution in [0.1, 0.15) is 19.3 Å². The summed E-state index contributed by atoms with van der Waals surface area (Å²) in [6.45, 7) is 2.67. The lowest BCUT2D eigenvalue weighted by Gasteiger charge is -2.24. The molecule has 0 rings (SSSR count). The third-order valence-electron chi connectivity index (χ3n) is 3.99. The van der Waals surface area contributed by atoms with Crippen molar-refractivity contribution in [3.05, 3.63) is 0 Å². The Morgan fingerprint density at radius 1 is 0.440 bits per heavy atom. The largest absolute Gasteiger partial charge is 0.500 e. The molecule has 0 aromatic heterocycles. The maximum absolute atomic E-state index is 5.60. The van der Waals surface area contributed by atoms with E-state index in [0.717, 1.165) is 31.4 Å². The topological polar surface area (TPSA) is 73.8 Å². The van der Waals surface area contributed by atoms with Crippen LogP contribution in [0.5, 0.6) is 0 Å². The third kappa shape index (κ3) is 10.1. The summed E-state index contributed by atoms with van der Waals surface area (Å²) in [4.78, 5) is 0. The average molecular weight is 401 g/mol. The molecular formula is C15H36O8Si2. The van der Waals surface area contributed by atoms with Crippen LogP contribution < -0.4 is 0 Å². The van der Waals surface area contributed by atoms with Crippen LogP contribution in [0.25, 0.3) is 0 Å². The second-order valence-corrected chi connectivity index (χ2v) is 11.6. The van der Waals surface area contributed by atoms with E-state index < -0.39 is 17.6 Å². The molecule has 0 atom stereocenters. The first-order valence-electron chi connectivity index (χ1n) is 8.54. The van der Waals surface area contributed by atoms with Crippen molar-refractivity contribution in [3.63, 3.8) is 0 Å². The minimum atomic E-state index is -2.47. The van der Waals surface area contributed by atoms with Crippen molar-refractivity contribution in [2.24, 2.45) is 0 Å². The van der Waals surface area contributed by atoms with E-state index in [9.17, 15) is 0 Å². The number of rotatable bonds is 18. The summed E-state index contributed by atoms with van der Waals surface area (Å²) in [5.41, 5.74) is 0. The van der Waals surface area contributed by atoms with E-state index in [1.807, 2.05) is 0 Å². The van der Waals surface area contributed by atoms with E-state index in [4.69, 9.17) is 36.0 Å². The molecule has 0 saturated carbocycles. The summed E-state index contributed by atoms with van der Waals surface area (Å²) < 4.78 is 43.4. The highest BCUT2D eigenvalue weighted by atomic mass is 28.4. The Balaban J connectivity index is 3.54. The average Bonchev–Trinajstić information content (AvgIpc) is 2.67. The SMILES string of the molecule is CO[Si](CCCOCCCOCCC[Si](OC)(OC)OC)(OC)OC. The number of hydrogen-bond donors (Lipinski definition) is 0. The summed E-state index contributed by atoms with van der Waals surface area (Å²) in [6.07, 6.45) is 2.56. The molecule has 0 aromatic carbocycles. The van der Waals surface area contributed by atoms with E-state index in [1.165, 1.54) is 0 Å². The quantitative estimate of drug-likeness (QED) is 0.255. The van der Waals surface area contributed by atoms with Gasteiger partial charge in [-0.3, -0.25) is 0 Å². The Kier molecular flexibility index (Phi) is 15.3. The Bertz CT molecular complexity index is 257. The molecule has 8 nitrogen and oxygen atoms in total. The smallest absolute Gasteiger partial charge is 0.381 e. The molecule has 0 unspecified atom stereocenters. The maximum atomic E-state index is 5.60. The van der Waals surface area contributed by atoms with Gasteiger partial charge in [-0.2, -0.15) is 0 Å². The molecule has 10 heteroatoms. The van der Waals surface area contributed by atoms with Crippen molar-refractivity contribution in [1.29, 1.82) is 0 Å². The molecule has 0 heterocycles. The van der Waals surface area contributed by atoms with Crippen molar-refractivity contribution in [2.75, 3.05) is 69.1 Å². The van der Waals surface area contributed by atoms with Crippen LogP contribution in [0, 0.1) is 0 Å². The fourth-order valence-electron chi connectivity index (χ4n) is 2.36. The fourth-order valence-corrected chi connectivity index (χ4v) is 5.74. The van der Waals surface area contributed by atoms with Crippen molar-refractivity contribution in [2.45, 2.75) is 31.4 Å². The summed E-state index contributed by atoms with van der Waals surface area (Å²) >= 11 is 0. The molecule has 0 aliphatic heterocycles. The van der Waals surface area contributed by atoms with E-state index in [-0.39, 0.29) is 0 Å². The zero-order chi connectivity index (χ0) is 19.0. The summed E-state index contributed by atoms with van der Waals surface area (Å²) in [6, 6.07) is 1.49. The molecule has 0 amide bonds. The highest BCUT2D eigenvalue weighted by molar-refractivity contribution is 6.60. The van der Waals surface area contributed by atoms with Gasteiger partial charge in [0.2, 0.25) is 0 Å². The molecule has 0 saturated heterocycles. The second-order valence-electron chi connectivity index (χ2n) is 5.38. The lowest BCUT2D eigenvalue weighted by molar-refractivity contribution is 0.0753. The first-order valence-corrected chi connectivity index (χ1v) is 12.4. The van der Waals surface area contributed by atoms with Gasteiger partial charge in [-0.25, -0.2) is 0 Å². The lowest BCUT2D eigenvalue weighted by atomic mass is 10.4. The van der Waals surface area contributed by atoms with Crippen molar-refractivity contribution in [3.8, 4) is 0 Å². The zero-order valence-corrected chi connectivity index (χ0v) is 18.6. The third-order valence-corrected chi connectivity index (χ3v) is 9.65. The first kappa shape index (κ1) is 25.1. The van der Waals surface area contributed by atoms with Gasteiger partial charge in [-0.05, 0) is 19.3 Å². The van der Waals surface area contributed by atoms with Crippen LogP contribution in [0.3, 0.4) is 0 Å². The minimum Gasteiger partial charge on any atom is -0.381 e. The number of hydrogen-bond acceptors (Lipinski definition) is 8. The summed E-state index contributed by atoms with van der Waals surface area (Å²) in [7, 11) is 4.80. The van der Waals surface area contributed by atoms with Gasteiger partial charge < -0.3 is 36.0 Å². The van der Waals surface area contributed by atoms with Gasteiger partial charge in [0.1, 0.15) is 0 Å². The van der Waals surface area contributed by atoms with E-state index in [1.54, 1.807) is 42.7 Å². The minimum absolute atomic E-state index is 0.661. The Morgan fingerprint density at radius 2 is 0.720 bits per heavy atom. The second kappa shape index (κ2) is 15.2. The highest BCUT2D eigenvalue weighted by Gasteiger charge is 2.37. The van der Waals surface area contributed by atoms with Crippen LogP contribution in [-0.2, 0) is 36.0 Å². The molecule has 25 heavy (non-hydrogen) atoms. The van der Waals surface area contributed by atoms with Crippen LogP contribution in [0.4, 0.5) is 0 Å². The van der Waals surface area contributed by atoms with Crippen molar-refractivity contribution in [1.82, 2.24) is 0 Å². The highest BCUT2D eigenvalue weighted by Crippen LogP contribution is 2.15. The van der Waals surface area contributed by atoms with E-state index in [0.29, 0.717) is 26.4 Å². The van der Waals surface area contributed by atoms with Gasteiger partial charge in [-0.15, -0.1) is 0 Å². The molecule has 0 aromatic rings. The molecular weight excluding hydrogens is 364 g/mol. The standard InChI is InChI=1S/C15H36O8Si2/c1-16-24(17-2,18-3)14-8-12-22-10-7-11-23-13-9-15-25(19-4,20-5)21-6/h7-15H2,1-6H3. The predicted octanol–water partition coefficient (Wildman–Crippen LogP) is 1.95. The van der Waals surface area contributed by atoms with Gasteiger partial charge in [0, 0.05) is 81.2 Å². The van der Waals surface area contributed by atoms with Gasteiger partial charge >= 0.3 is 17.6 Å². The molecule has 0 radical (unpaired) electrons.